The van der Waals surface area contributed by atoms with E-state index in [0.29, 0.717) is 5.65 Å². The Morgan fingerprint density at radius 3 is 2.81 bits per heavy atom. The van der Waals surface area contributed by atoms with Crippen molar-refractivity contribution in [1.82, 2.24) is 24.8 Å². The Kier molecular flexibility index (Phi) is 3.68. The van der Waals surface area contributed by atoms with Crippen LogP contribution in [0.4, 0.5) is 0 Å². The van der Waals surface area contributed by atoms with Gasteiger partial charge in [0.25, 0.3) is 0 Å². The van der Waals surface area contributed by atoms with E-state index in [1.165, 1.54) is 6.20 Å². The maximum atomic E-state index is 12.5. The fourth-order valence-corrected chi connectivity index (χ4v) is 3.94. The molecule has 1 aliphatic rings. The van der Waals surface area contributed by atoms with E-state index in [4.69, 9.17) is 0 Å². The SMILES string of the molecule is Cc1nn(C)c2ncc(S(=O)(=O)NC3CCNCC3)cc12. The second-order valence-electron chi connectivity index (χ2n) is 5.40. The molecule has 7 nitrogen and oxygen atoms in total. The summed E-state index contributed by atoms with van der Waals surface area (Å²) in [6.07, 6.45) is 3.01. The van der Waals surface area contributed by atoms with Crippen molar-refractivity contribution in [2.75, 3.05) is 13.1 Å². The summed E-state index contributed by atoms with van der Waals surface area (Å²) in [5.41, 5.74) is 1.47. The molecular formula is C13H19N5O2S. The highest BCUT2D eigenvalue weighted by molar-refractivity contribution is 7.89. The molecule has 0 radical (unpaired) electrons. The Labute approximate surface area is 123 Å². The van der Waals surface area contributed by atoms with Gasteiger partial charge in [-0.05, 0) is 38.9 Å². The predicted molar refractivity (Wildman–Crippen MR) is 79.5 cm³/mol. The summed E-state index contributed by atoms with van der Waals surface area (Å²) < 4.78 is 29.3. The molecule has 21 heavy (non-hydrogen) atoms. The molecule has 2 N–H and O–H groups in total. The van der Waals surface area contributed by atoms with Gasteiger partial charge in [-0.3, -0.25) is 4.68 Å². The van der Waals surface area contributed by atoms with E-state index >= 15 is 0 Å². The summed E-state index contributed by atoms with van der Waals surface area (Å²) in [6.45, 7) is 3.53. The zero-order valence-electron chi connectivity index (χ0n) is 12.1. The van der Waals surface area contributed by atoms with Gasteiger partial charge in [0.15, 0.2) is 5.65 Å². The molecule has 0 aliphatic carbocycles. The molecule has 0 aromatic carbocycles. The van der Waals surface area contributed by atoms with Crippen LogP contribution >= 0.6 is 0 Å². The number of hydrogen-bond donors (Lipinski definition) is 2. The molecule has 1 fully saturated rings. The topological polar surface area (TPSA) is 88.9 Å². The van der Waals surface area contributed by atoms with Gasteiger partial charge in [0.1, 0.15) is 4.90 Å². The third kappa shape index (κ3) is 2.78. The third-order valence-corrected chi connectivity index (χ3v) is 5.30. The quantitative estimate of drug-likeness (QED) is 0.851. The summed E-state index contributed by atoms with van der Waals surface area (Å²) in [4.78, 5) is 4.43. The van der Waals surface area contributed by atoms with Crippen molar-refractivity contribution < 1.29 is 8.42 Å². The first-order valence-corrected chi connectivity index (χ1v) is 8.48. The molecule has 1 saturated heterocycles. The number of rotatable bonds is 3. The van der Waals surface area contributed by atoms with Crippen molar-refractivity contribution in [2.45, 2.75) is 30.7 Å². The highest BCUT2D eigenvalue weighted by Gasteiger charge is 2.23. The van der Waals surface area contributed by atoms with E-state index in [1.54, 1.807) is 17.8 Å². The van der Waals surface area contributed by atoms with Crippen LogP contribution in [0.3, 0.4) is 0 Å². The molecule has 0 spiro atoms. The number of hydrogen-bond acceptors (Lipinski definition) is 5. The zero-order valence-corrected chi connectivity index (χ0v) is 12.9. The van der Waals surface area contributed by atoms with Gasteiger partial charge in [-0.1, -0.05) is 0 Å². The van der Waals surface area contributed by atoms with Gasteiger partial charge in [0.2, 0.25) is 10.0 Å². The number of nitrogens with one attached hydrogen (secondary N) is 2. The molecular weight excluding hydrogens is 290 g/mol. The summed E-state index contributed by atoms with van der Waals surface area (Å²) in [5.74, 6) is 0. The second-order valence-corrected chi connectivity index (χ2v) is 7.11. The van der Waals surface area contributed by atoms with E-state index in [9.17, 15) is 8.42 Å². The zero-order chi connectivity index (χ0) is 15.0. The number of sulfonamides is 1. The number of aromatic nitrogens is 3. The van der Waals surface area contributed by atoms with Crippen LogP contribution in [0.1, 0.15) is 18.5 Å². The van der Waals surface area contributed by atoms with Crippen LogP contribution in [-0.4, -0.2) is 42.3 Å². The normalized spacial score (nSPS) is 17.4. The van der Waals surface area contributed by atoms with Crippen LogP contribution in [0.2, 0.25) is 0 Å². The highest BCUT2D eigenvalue weighted by atomic mass is 32.2. The van der Waals surface area contributed by atoms with Crippen LogP contribution in [0.25, 0.3) is 11.0 Å². The van der Waals surface area contributed by atoms with Crippen LogP contribution in [0, 0.1) is 6.92 Å². The number of aryl methyl sites for hydroxylation is 2. The minimum atomic E-state index is -3.54. The molecule has 2 aromatic rings. The Bertz CT molecular complexity index is 762. The number of nitrogens with zero attached hydrogens (tertiary/aromatic N) is 3. The molecule has 2 aromatic heterocycles. The molecule has 0 bridgehead atoms. The van der Waals surface area contributed by atoms with Crippen molar-refractivity contribution in [3.05, 3.63) is 18.0 Å². The summed E-state index contributed by atoms with van der Waals surface area (Å²) in [5, 5.41) is 8.25. The van der Waals surface area contributed by atoms with E-state index < -0.39 is 10.0 Å². The molecule has 0 unspecified atom stereocenters. The van der Waals surface area contributed by atoms with Gasteiger partial charge in [0.05, 0.1) is 5.69 Å². The summed E-state index contributed by atoms with van der Waals surface area (Å²) >= 11 is 0. The van der Waals surface area contributed by atoms with Gasteiger partial charge in [-0.25, -0.2) is 18.1 Å². The molecule has 3 rings (SSSR count). The Hall–Kier alpha value is -1.51. The van der Waals surface area contributed by atoms with Crippen LogP contribution in [0.15, 0.2) is 17.2 Å². The summed E-state index contributed by atoms with van der Waals surface area (Å²) in [6, 6.07) is 1.63. The van der Waals surface area contributed by atoms with E-state index in [2.05, 4.69) is 20.1 Å². The average molecular weight is 309 g/mol. The van der Waals surface area contributed by atoms with E-state index in [0.717, 1.165) is 37.0 Å². The monoisotopic (exact) mass is 309 g/mol. The molecule has 3 heterocycles. The Morgan fingerprint density at radius 2 is 2.10 bits per heavy atom. The van der Waals surface area contributed by atoms with Gasteiger partial charge in [-0.15, -0.1) is 0 Å². The fourth-order valence-electron chi connectivity index (χ4n) is 2.66. The minimum Gasteiger partial charge on any atom is -0.317 e. The lowest BCUT2D eigenvalue weighted by molar-refractivity contribution is 0.427. The highest BCUT2D eigenvalue weighted by Crippen LogP contribution is 2.20. The molecule has 0 atom stereocenters. The molecule has 0 saturated carbocycles. The Morgan fingerprint density at radius 1 is 1.38 bits per heavy atom. The van der Waals surface area contributed by atoms with Crippen molar-refractivity contribution >= 4 is 21.1 Å². The smallest absolute Gasteiger partial charge is 0.242 e. The van der Waals surface area contributed by atoms with E-state index in [-0.39, 0.29) is 10.9 Å². The fraction of sp³-hybridized carbons (Fsp3) is 0.538. The van der Waals surface area contributed by atoms with Gasteiger partial charge in [-0.2, -0.15) is 5.10 Å². The van der Waals surface area contributed by atoms with Crippen LogP contribution in [0.5, 0.6) is 0 Å². The van der Waals surface area contributed by atoms with Crippen molar-refractivity contribution in [3.8, 4) is 0 Å². The van der Waals surface area contributed by atoms with Crippen LogP contribution in [-0.2, 0) is 17.1 Å². The first-order valence-electron chi connectivity index (χ1n) is 7.00. The number of piperidine rings is 1. The van der Waals surface area contributed by atoms with E-state index in [1.807, 2.05) is 6.92 Å². The first-order chi connectivity index (χ1) is 9.97. The molecule has 0 amide bonds. The standard InChI is InChI=1S/C13H19N5O2S/c1-9-12-7-11(8-15-13(12)18(2)16-9)21(19,20)17-10-3-5-14-6-4-10/h7-8,10,14,17H,3-6H2,1-2H3. The number of fused-ring (bicyclic) bond motifs is 1. The maximum Gasteiger partial charge on any atom is 0.242 e. The lowest BCUT2D eigenvalue weighted by atomic mass is 10.1. The van der Waals surface area contributed by atoms with Gasteiger partial charge < -0.3 is 5.32 Å². The lowest BCUT2D eigenvalue weighted by Crippen LogP contribution is -2.42. The van der Waals surface area contributed by atoms with Crippen molar-refractivity contribution in [1.29, 1.82) is 0 Å². The number of pyridine rings is 1. The average Bonchev–Trinajstić information content (AvgIpc) is 2.74. The molecule has 1 aliphatic heterocycles. The predicted octanol–water partition coefficient (Wildman–Crippen LogP) is 0.307. The maximum absolute atomic E-state index is 12.5. The molecule has 114 valence electrons. The first kappa shape index (κ1) is 14.4. The van der Waals surface area contributed by atoms with Gasteiger partial charge in [0, 0.05) is 24.7 Å². The largest absolute Gasteiger partial charge is 0.317 e. The summed E-state index contributed by atoms with van der Waals surface area (Å²) in [7, 11) is -1.74. The van der Waals surface area contributed by atoms with Crippen LogP contribution < -0.4 is 10.0 Å². The minimum absolute atomic E-state index is 0.0121. The second kappa shape index (κ2) is 5.36. The lowest BCUT2D eigenvalue weighted by Gasteiger charge is -2.23. The van der Waals surface area contributed by atoms with Crippen molar-refractivity contribution in [2.24, 2.45) is 7.05 Å². The van der Waals surface area contributed by atoms with Gasteiger partial charge >= 0.3 is 0 Å². The Balaban J connectivity index is 1.92. The third-order valence-electron chi connectivity index (χ3n) is 3.81. The van der Waals surface area contributed by atoms with Crippen molar-refractivity contribution in [3.63, 3.8) is 0 Å². The molecule has 8 heteroatoms.